The Morgan fingerprint density at radius 3 is 2.39 bits per heavy atom. The van der Waals surface area contributed by atoms with Gasteiger partial charge >= 0.3 is 5.97 Å². The number of hydrogen-bond acceptors (Lipinski definition) is 3. The third kappa shape index (κ3) is 2.26. The monoisotopic (exact) mass is 422 g/mol. The largest absolute Gasteiger partial charge is 0.481 e. The second-order valence-corrected chi connectivity index (χ2v) is 10.4. The van der Waals surface area contributed by atoms with Gasteiger partial charge in [0.1, 0.15) is 5.54 Å². The molecule has 2 unspecified atom stereocenters. The summed E-state index contributed by atoms with van der Waals surface area (Å²) in [4.78, 5) is 25.2. The zero-order valence-corrected chi connectivity index (χ0v) is 17.5. The fourth-order valence-electron chi connectivity index (χ4n) is 6.69. The molecular weight excluding hydrogens is 399 g/mol. The summed E-state index contributed by atoms with van der Waals surface area (Å²) in [6.07, 6.45) is 4.16. The summed E-state index contributed by atoms with van der Waals surface area (Å²) in [6, 6.07) is 5.52. The van der Waals surface area contributed by atoms with Crippen LogP contribution in [0, 0.1) is 23.2 Å². The highest BCUT2D eigenvalue weighted by atomic mass is 35.5. The van der Waals surface area contributed by atoms with Crippen molar-refractivity contribution < 1.29 is 14.7 Å². The second-order valence-electron chi connectivity index (χ2n) is 9.64. The Hall–Kier alpha value is -1.46. The molecule has 7 heteroatoms. The van der Waals surface area contributed by atoms with Crippen LogP contribution < -0.4 is 5.01 Å². The molecule has 5 aliphatic rings. The Balaban J connectivity index is 1.53. The number of halogens is 2. The van der Waals surface area contributed by atoms with E-state index in [1.54, 1.807) is 6.07 Å². The molecule has 4 aliphatic carbocycles. The maximum atomic E-state index is 13.2. The van der Waals surface area contributed by atoms with E-state index >= 15 is 0 Å². The van der Waals surface area contributed by atoms with Crippen LogP contribution in [0.1, 0.15) is 46.0 Å². The molecule has 0 aromatic heterocycles. The van der Waals surface area contributed by atoms with Crippen molar-refractivity contribution in [2.24, 2.45) is 23.2 Å². The van der Waals surface area contributed by atoms with E-state index in [1.165, 1.54) is 0 Å². The molecule has 28 heavy (non-hydrogen) atoms. The van der Waals surface area contributed by atoms with Crippen molar-refractivity contribution in [3.05, 3.63) is 28.2 Å². The molecule has 0 spiro atoms. The van der Waals surface area contributed by atoms with Gasteiger partial charge in [-0.25, -0.2) is 5.01 Å². The molecule has 5 fully saturated rings. The molecule has 5 atom stereocenters. The van der Waals surface area contributed by atoms with Gasteiger partial charge in [0.05, 0.1) is 27.2 Å². The van der Waals surface area contributed by atoms with Crippen molar-refractivity contribution in [1.82, 2.24) is 5.01 Å². The van der Waals surface area contributed by atoms with Crippen molar-refractivity contribution in [2.45, 2.75) is 57.5 Å². The zero-order valence-electron chi connectivity index (χ0n) is 16.0. The first-order valence-corrected chi connectivity index (χ1v) is 10.7. The van der Waals surface area contributed by atoms with Crippen LogP contribution in [0.2, 0.25) is 10.0 Å². The molecule has 5 nitrogen and oxygen atoms in total. The number of carbonyl (C=O) groups is 2. The number of carbonyl (C=O) groups excluding carboxylic acids is 1. The Morgan fingerprint density at radius 1 is 1.14 bits per heavy atom. The Labute approximate surface area is 174 Å². The summed E-state index contributed by atoms with van der Waals surface area (Å²) in [6.45, 7) is 3.80. The van der Waals surface area contributed by atoms with Crippen molar-refractivity contribution in [1.29, 1.82) is 0 Å². The first-order chi connectivity index (χ1) is 13.2. The third-order valence-electron chi connectivity index (χ3n) is 7.60. The molecule has 1 N–H and O–H groups in total. The summed E-state index contributed by atoms with van der Waals surface area (Å²) in [5.41, 5.74) is -0.553. The molecule has 4 saturated carbocycles. The first kappa shape index (κ1) is 18.6. The normalized spacial score (nSPS) is 37.9. The molecule has 1 aliphatic heterocycles. The topological polar surface area (TPSA) is 60.9 Å². The number of hydrogen-bond donors (Lipinski definition) is 1. The number of rotatable bonds is 3. The zero-order chi connectivity index (χ0) is 20.0. The lowest BCUT2D eigenvalue weighted by molar-refractivity contribution is -0.187. The molecule has 4 bridgehead atoms. The fraction of sp³-hybridized carbons (Fsp3) is 0.619. The van der Waals surface area contributed by atoms with Gasteiger partial charge < -0.3 is 5.11 Å². The predicted molar refractivity (Wildman–Crippen MR) is 107 cm³/mol. The lowest BCUT2D eigenvalue weighted by Crippen LogP contribution is -2.80. The van der Waals surface area contributed by atoms with E-state index in [0.29, 0.717) is 28.8 Å². The van der Waals surface area contributed by atoms with Gasteiger partial charge in [0.15, 0.2) is 0 Å². The number of anilines is 1. The first-order valence-electron chi connectivity index (χ1n) is 9.97. The molecule has 1 heterocycles. The van der Waals surface area contributed by atoms with Crippen LogP contribution in [0.3, 0.4) is 0 Å². The number of aliphatic carboxylic acids is 1. The highest BCUT2D eigenvalue weighted by molar-refractivity contribution is 6.43. The maximum Gasteiger partial charge on any atom is 0.309 e. The lowest BCUT2D eigenvalue weighted by Gasteiger charge is -2.67. The summed E-state index contributed by atoms with van der Waals surface area (Å²) in [7, 11) is 0. The quantitative estimate of drug-likeness (QED) is 0.771. The molecule has 150 valence electrons. The molecule has 1 aromatic carbocycles. The van der Waals surface area contributed by atoms with Crippen molar-refractivity contribution >= 4 is 40.8 Å². The second kappa shape index (κ2) is 5.79. The fourth-order valence-corrected chi connectivity index (χ4v) is 7.06. The van der Waals surface area contributed by atoms with Crippen LogP contribution in [-0.2, 0) is 9.59 Å². The average Bonchev–Trinajstić information content (AvgIpc) is 2.62. The number of benzene rings is 1. The minimum Gasteiger partial charge on any atom is -0.481 e. The standard InChI is InChI=1S/C21H24Cl2N2O3/c1-20(2)18(26)24(25(20)15-5-3-4-14(22)16(15)23)17-12-6-11-7-13(17)10-21(8-11,9-12)19(27)28/h3-5,11-13,17H,6-10H2,1-2H3,(H,27,28)/t11?,12-,13?,17-,21-/m0/s1. The van der Waals surface area contributed by atoms with E-state index in [4.69, 9.17) is 23.2 Å². The molecule has 1 saturated heterocycles. The molecule has 1 aromatic rings. The van der Waals surface area contributed by atoms with Gasteiger partial charge in [-0.3, -0.25) is 14.6 Å². The van der Waals surface area contributed by atoms with E-state index < -0.39 is 16.9 Å². The summed E-state index contributed by atoms with van der Waals surface area (Å²) < 4.78 is 0. The molecule has 1 amide bonds. The summed E-state index contributed by atoms with van der Waals surface area (Å²) in [5.74, 6) is 0.337. The Bertz CT molecular complexity index is 870. The van der Waals surface area contributed by atoms with Crippen LogP contribution in [0.4, 0.5) is 5.69 Å². The predicted octanol–water partition coefficient (Wildman–Crippen LogP) is 4.62. The number of hydrazine groups is 1. The van der Waals surface area contributed by atoms with E-state index in [0.717, 1.165) is 24.9 Å². The van der Waals surface area contributed by atoms with Crippen molar-refractivity contribution in [3.8, 4) is 0 Å². The van der Waals surface area contributed by atoms with E-state index in [2.05, 4.69) is 0 Å². The van der Waals surface area contributed by atoms with Crippen molar-refractivity contribution in [3.63, 3.8) is 0 Å². The maximum absolute atomic E-state index is 13.2. The van der Waals surface area contributed by atoms with Gasteiger partial charge in [0, 0.05) is 0 Å². The number of carboxylic acids is 1. The van der Waals surface area contributed by atoms with Gasteiger partial charge in [0.2, 0.25) is 0 Å². The molecular formula is C21H24Cl2N2O3. The summed E-state index contributed by atoms with van der Waals surface area (Å²) >= 11 is 12.8. The average molecular weight is 423 g/mol. The minimum absolute atomic E-state index is 0.0413. The Kier molecular flexibility index (Phi) is 3.84. The highest BCUT2D eigenvalue weighted by Crippen LogP contribution is 2.62. The van der Waals surface area contributed by atoms with Crippen LogP contribution in [0.25, 0.3) is 0 Å². The van der Waals surface area contributed by atoms with Crippen LogP contribution in [0.5, 0.6) is 0 Å². The highest BCUT2D eigenvalue weighted by Gasteiger charge is 2.65. The van der Waals surface area contributed by atoms with Gasteiger partial charge in [-0.05, 0) is 75.8 Å². The van der Waals surface area contributed by atoms with Gasteiger partial charge in [-0.1, -0.05) is 29.3 Å². The van der Waals surface area contributed by atoms with Crippen molar-refractivity contribution in [2.75, 3.05) is 5.01 Å². The van der Waals surface area contributed by atoms with Gasteiger partial charge in [-0.2, -0.15) is 0 Å². The van der Waals surface area contributed by atoms with E-state index in [1.807, 2.05) is 36.0 Å². The lowest BCUT2D eigenvalue weighted by atomic mass is 9.47. The SMILES string of the molecule is CC1(C)C(=O)N([C@@H]2C3CC4C[C@H]2C[C@@](C(=O)O)(C4)C3)N1c1cccc(Cl)c1Cl. The van der Waals surface area contributed by atoms with Gasteiger partial charge in [-0.15, -0.1) is 0 Å². The Morgan fingerprint density at radius 2 is 1.79 bits per heavy atom. The number of nitrogens with zero attached hydrogens (tertiary/aromatic N) is 2. The number of amides is 1. The molecule has 0 radical (unpaired) electrons. The van der Waals surface area contributed by atoms with E-state index in [9.17, 15) is 14.7 Å². The molecule has 6 rings (SSSR count). The number of carboxylic acid groups (broad SMARTS) is 1. The van der Waals surface area contributed by atoms with Crippen LogP contribution >= 0.6 is 23.2 Å². The smallest absolute Gasteiger partial charge is 0.309 e. The van der Waals surface area contributed by atoms with E-state index in [-0.39, 0.29) is 23.8 Å². The third-order valence-corrected chi connectivity index (χ3v) is 8.40. The van der Waals surface area contributed by atoms with Gasteiger partial charge in [0.25, 0.3) is 5.91 Å². The minimum atomic E-state index is -0.701. The van der Waals surface area contributed by atoms with Crippen LogP contribution in [-0.4, -0.2) is 33.6 Å². The van der Waals surface area contributed by atoms with Crippen LogP contribution in [0.15, 0.2) is 18.2 Å². The summed E-state index contributed by atoms with van der Waals surface area (Å²) in [5, 5.41) is 14.7.